The minimum absolute atomic E-state index is 0.0210. The van der Waals surface area contributed by atoms with Crippen molar-refractivity contribution in [1.29, 1.82) is 0 Å². The zero-order valence-electron chi connectivity index (χ0n) is 33.0. The molecule has 4 rings (SSSR count). The average molecular weight is 811 g/mol. The average Bonchev–Trinajstić information content (AvgIpc) is 3.17. The van der Waals surface area contributed by atoms with Crippen LogP contribution in [-0.2, 0) is 52.7 Å². The van der Waals surface area contributed by atoms with Crippen LogP contribution in [0.3, 0.4) is 0 Å². The minimum Gasteiger partial charge on any atom is -0.497 e. The quantitative estimate of drug-likeness (QED) is 0.0627. The van der Waals surface area contributed by atoms with Crippen molar-refractivity contribution in [3.63, 3.8) is 0 Å². The monoisotopic (exact) mass is 810 g/mol. The van der Waals surface area contributed by atoms with Gasteiger partial charge in [-0.1, -0.05) is 91.0 Å². The van der Waals surface area contributed by atoms with Gasteiger partial charge in [-0.15, -0.1) is 0 Å². The smallest absolute Gasteiger partial charge is 0.407 e. The topological polar surface area (TPSA) is 150 Å². The number of nitrogens with zero attached hydrogens (tertiary/aromatic N) is 1. The van der Waals surface area contributed by atoms with Gasteiger partial charge < -0.3 is 33.7 Å². The third kappa shape index (κ3) is 14.1. The molecular weight excluding hydrogens is 756 g/mol. The molecular formula is C42H55N2O10PS. The standard InChI is InChI=1S/C42H55N2O10PS/c1-41(2,3)54-40(46)43-38(28-33-16-10-7-11-17-33)39(45)29-44(56(48,49)37-24-22-36(50-6)23-25-37)42(4,5)26-27-51-32-55(47,52-30-34-18-12-8-13-19-34)53-31-35-20-14-9-15-21-35/h7-25,38-39,45H,26-32H2,1-6H3,(H,43,46)/t38-,39-/m1/s1. The molecule has 0 aliphatic heterocycles. The molecule has 1 amide bonds. The first-order valence-corrected chi connectivity index (χ1v) is 21.6. The van der Waals surface area contributed by atoms with Crippen LogP contribution in [0.5, 0.6) is 5.75 Å². The van der Waals surface area contributed by atoms with E-state index in [4.69, 9.17) is 23.3 Å². The highest BCUT2D eigenvalue weighted by Crippen LogP contribution is 2.50. The number of ether oxygens (including phenoxy) is 3. The van der Waals surface area contributed by atoms with Crippen LogP contribution in [0, 0.1) is 0 Å². The Hall–Kier alpha value is -4.07. The number of carbonyl (C=O) groups excluding carboxylic acids is 1. The molecule has 0 bridgehead atoms. The van der Waals surface area contributed by atoms with Crippen molar-refractivity contribution >= 4 is 23.7 Å². The molecule has 56 heavy (non-hydrogen) atoms. The van der Waals surface area contributed by atoms with Crippen molar-refractivity contribution in [3.05, 3.63) is 132 Å². The van der Waals surface area contributed by atoms with Crippen molar-refractivity contribution in [2.24, 2.45) is 0 Å². The van der Waals surface area contributed by atoms with Gasteiger partial charge in [0.15, 0.2) is 0 Å². The van der Waals surface area contributed by atoms with Crippen molar-refractivity contribution < 1.29 is 46.1 Å². The predicted octanol–water partition coefficient (Wildman–Crippen LogP) is 7.95. The van der Waals surface area contributed by atoms with E-state index in [1.165, 1.54) is 23.5 Å². The van der Waals surface area contributed by atoms with Crippen molar-refractivity contribution in [3.8, 4) is 5.75 Å². The Morgan fingerprint density at radius 3 is 1.77 bits per heavy atom. The summed E-state index contributed by atoms with van der Waals surface area (Å²) in [6.45, 7) is 8.27. The Kier molecular flexibility index (Phi) is 16.2. The van der Waals surface area contributed by atoms with E-state index in [9.17, 15) is 22.9 Å². The fourth-order valence-electron chi connectivity index (χ4n) is 5.68. The van der Waals surface area contributed by atoms with E-state index in [0.29, 0.717) is 5.75 Å². The van der Waals surface area contributed by atoms with Crippen LogP contribution in [0.15, 0.2) is 120 Å². The molecule has 0 heterocycles. The van der Waals surface area contributed by atoms with Gasteiger partial charge in [-0.3, -0.25) is 4.57 Å². The maximum atomic E-state index is 14.5. The molecule has 12 nitrogen and oxygen atoms in total. The summed E-state index contributed by atoms with van der Waals surface area (Å²) in [5.41, 5.74) is 0.450. The second kappa shape index (κ2) is 20.4. The fraction of sp³-hybridized carbons (Fsp3) is 0.405. The Morgan fingerprint density at radius 1 is 0.786 bits per heavy atom. The lowest BCUT2D eigenvalue weighted by Crippen LogP contribution is -2.56. The normalized spacial score (nSPS) is 13.6. The number of benzene rings is 4. The molecule has 304 valence electrons. The molecule has 4 aromatic carbocycles. The Labute approximate surface area is 331 Å². The number of aliphatic hydroxyl groups excluding tert-OH is 1. The Balaban J connectivity index is 1.56. The molecule has 0 aliphatic carbocycles. The number of methoxy groups -OCH3 is 1. The van der Waals surface area contributed by atoms with E-state index in [1.54, 1.807) is 46.8 Å². The lowest BCUT2D eigenvalue weighted by molar-refractivity contribution is 0.0340. The molecule has 0 unspecified atom stereocenters. The molecule has 0 fully saturated rings. The van der Waals surface area contributed by atoms with Crippen LogP contribution in [0.1, 0.15) is 57.7 Å². The van der Waals surface area contributed by atoms with Crippen molar-refractivity contribution in [1.82, 2.24) is 9.62 Å². The number of sulfonamides is 1. The number of carbonyl (C=O) groups is 1. The summed E-state index contributed by atoms with van der Waals surface area (Å²) in [5.74, 6) is 0.473. The third-order valence-corrected chi connectivity index (χ3v) is 12.4. The van der Waals surface area contributed by atoms with Gasteiger partial charge in [-0.25, -0.2) is 13.2 Å². The number of aliphatic hydroxyl groups is 1. The van der Waals surface area contributed by atoms with Crippen molar-refractivity contribution in [2.75, 3.05) is 26.6 Å². The number of hydrogen-bond acceptors (Lipinski definition) is 10. The molecule has 14 heteroatoms. The zero-order chi connectivity index (χ0) is 40.8. The molecule has 0 aliphatic rings. The fourth-order valence-corrected chi connectivity index (χ4v) is 8.78. The number of alkyl carbamates (subject to hydrolysis) is 1. The maximum Gasteiger partial charge on any atom is 0.407 e. The molecule has 0 aromatic heterocycles. The van der Waals surface area contributed by atoms with Crippen LogP contribution in [0.4, 0.5) is 4.79 Å². The van der Waals surface area contributed by atoms with Gasteiger partial charge in [0, 0.05) is 18.7 Å². The van der Waals surface area contributed by atoms with Gasteiger partial charge in [0.25, 0.3) is 0 Å². The minimum atomic E-state index is -4.27. The first-order valence-electron chi connectivity index (χ1n) is 18.4. The summed E-state index contributed by atoms with van der Waals surface area (Å²) in [6, 6.07) is 32.9. The molecule has 0 saturated carbocycles. The second-order valence-electron chi connectivity index (χ2n) is 15.0. The molecule has 2 N–H and O–H groups in total. The second-order valence-corrected chi connectivity index (χ2v) is 18.8. The highest BCUT2D eigenvalue weighted by Gasteiger charge is 2.40. The van der Waals surface area contributed by atoms with E-state index < -0.39 is 53.5 Å². The summed E-state index contributed by atoms with van der Waals surface area (Å²) < 4.78 is 72.6. The van der Waals surface area contributed by atoms with E-state index in [-0.39, 0.29) is 43.9 Å². The molecule has 2 atom stereocenters. The van der Waals surface area contributed by atoms with E-state index in [0.717, 1.165) is 16.7 Å². The first-order chi connectivity index (χ1) is 26.5. The number of amides is 1. The summed E-state index contributed by atoms with van der Waals surface area (Å²) in [7, 11) is -6.59. The van der Waals surface area contributed by atoms with E-state index >= 15 is 0 Å². The summed E-state index contributed by atoms with van der Waals surface area (Å²) in [6.07, 6.45) is -2.19. The largest absolute Gasteiger partial charge is 0.497 e. The van der Waals surface area contributed by atoms with Gasteiger partial charge in [0.05, 0.1) is 37.4 Å². The predicted molar refractivity (Wildman–Crippen MR) is 216 cm³/mol. The van der Waals surface area contributed by atoms with E-state index in [1.807, 2.05) is 91.0 Å². The third-order valence-electron chi connectivity index (χ3n) is 8.79. The van der Waals surface area contributed by atoms with Crippen LogP contribution in [0.2, 0.25) is 0 Å². The highest BCUT2D eigenvalue weighted by molar-refractivity contribution is 7.89. The lowest BCUT2D eigenvalue weighted by Gasteiger charge is -2.40. The SMILES string of the molecule is COc1ccc(S(=O)(=O)N(C[C@@H](O)[C@@H](Cc2ccccc2)NC(=O)OC(C)(C)C)C(C)(C)CCOCP(=O)(OCc2ccccc2)OCc2ccccc2)cc1. The molecule has 4 aromatic rings. The van der Waals surface area contributed by atoms with Gasteiger partial charge in [0.2, 0.25) is 10.0 Å². The van der Waals surface area contributed by atoms with Crippen LogP contribution >= 0.6 is 7.60 Å². The summed E-state index contributed by atoms with van der Waals surface area (Å²) in [4.78, 5) is 13.0. The van der Waals surface area contributed by atoms with Crippen LogP contribution in [0.25, 0.3) is 0 Å². The van der Waals surface area contributed by atoms with E-state index in [2.05, 4.69) is 5.32 Å². The lowest BCUT2D eigenvalue weighted by atomic mass is 9.98. The van der Waals surface area contributed by atoms with Crippen LogP contribution < -0.4 is 10.1 Å². The molecule has 0 radical (unpaired) electrons. The van der Waals surface area contributed by atoms with Crippen LogP contribution in [-0.4, -0.2) is 73.8 Å². The number of nitrogens with one attached hydrogen (secondary N) is 1. The first kappa shape index (κ1) is 44.6. The van der Waals surface area contributed by atoms with Crippen molar-refractivity contribution in [2.45, 2.75) is 88.9 Å². The zero-order valence-corrected chi connectivity index (χ0v) is 34.7. The highest BCUT2D eigenvalue weighted by atomic mass is 32.2. The number of β-amino-alcohol motifs (C(OH)–C–C–N with tert-alkyl or cyclic N) is 1. The summed E-state index contributed by atoms with van der Waals surface area (Å²) in [5, 5.41) is 14.6. The summed E-state index contributed by atoms with van der Waals surface area (Å²) >= 11 is 0. The van der Waals surface area contributed by atoms with Gasteiger partial charge >= 0.3 is 13.7 Å². The number of hydrogen-bond donors (Lipinski definition) is 2. The Morgan fingerprint density at radius 2 is 1.29 bits per heavy atom. The molecule has 0 spiro atoms. The Bertz CT molecular complexity index is 1900. The maximum absolute atomic E-state index is 14.5. The van der Waals surface area contributed by atoms with Gasteiger partial charge in [-0.2, -0.15) is 4.31 Å². The number of rotatable bonds is 21. The van der Waals surface area contributed by atoms with Gasteiger partial charge in [0.1, 0.15) is 17.7 Å². The van der Waals surface area contributed by atoms with Gasteiger partial charge in [-0.05, 0) is 88.4 Å². The molecule has 0 saturated heterocycles.